The molecule has 4 rings (SSSR count). The molecule has 6 heteroatoms. The van der Waals surface area contributed by atoms with Crippen LogP contribution in [0.1, 0.15) is 31.1 Å². The van der Waals surface area contributed by atoms with Gasteiger partial charge in [-0.3, -0.25) is 4.79 Å². The van der Waals surface area contributed by atoms with Crippen molar-refractivity contribution in [3.63, 3.8) is 0 Å². The molecule has 37 heavy (non-hydrogen) atoms. The molecular formula is C31H29NO5. The van der Waals surface area contributed by atoms with Crippen molar-refractivity contribution in [3.05, 3.63) is 108 Å². The van der Waals surface area contributed by atoms with Crippen LogP contribution in [0, 0.1) is 28.6 Å². The molecule has 1 fully saturated rings. The van der Waals surface area contributed by atoms with E-state index in [-0.39, 0.29) is 12.5 Å². The molecule has 3 aromatic rings. The molecule has 188 valence electrons. The zero-order valence-electron chi connectivity index (χ0n) is 20.9. The molecule has 6 nitrogen and oxygen atoms in total. The van der Waals surface area contributed by atoms with Crippen LogP contribution in [0.2, 0.25) is 0 Å². The summed E-state index contributed by atoms with van der Waals surface area (Å²) in [6.45, 7) is 4.15. The Hall–Kier alpha value is -4.37. The average Bonchev–Trinajstić information content (AvgIpc) is 3.47. The van der Waals surface area contributed by atoms with Crippen molar-refractivity contribution >= 4 is 11.9 Å². The minimum absolute atomic E-state index is 0.186. The number of hydrogen-bond donors (Lipinski definition) is 0. The van der Waals surface area contributed by atoms with Crippen LogP contribution in [0.5, 0.6) is 11.5 Å². The van der Waals surface area contributed by atoms with E-state index in [1.807, 2.05) is 74.5 Å². The summed E-state index contributed by atoms with van der Waals surface area (Å²) in [7, 11) is 0. The molecular weight excluding hydrogens is 466 g/mol. The van der Waals surface area contributed by atoms with E-state index in [4.69, 9.17) is 14.2 Å². The van der Waals surface area contributed by atoms with E-state index in [1.165, 1.54) is 6.08 Å². The van der Waals surface area contributed by atoms with Gasteiger partial charge in [-0.1, -0.05) is 80.6 Å². The van der Waals surface area contributed by atoms with Gasteiger partial charge in [-0.05, 0) is 41.2 Å². The Balaban J connectivity index is 1.32. The summed E-state index contributed by atoms with van der Waals surface area (Å²) in [5.41, 5.74) is 1.22. The van der Waals surface area contributed by atoms with Gasteiger partial charge >= 0.3 is 11.9 Å². The van der Waals surface area contributed by atoms with Gasteiger partial charge in [0.25, 0.3) is 0 Å². The van der Waals surface area contributed by atoms with Crippen LogP contribution in [0.4, 0.5) is 0 Å². The Morgan fingerprint density at radius 3 is 2.35 bits per heavy atom. The van der Waals surface area contributed by atoms with Crippen molar-refractivity contribution in [2.24, 2.45) is 17.3 Å². The number of allylic oxidation sites excluding steroid dienone is 1. The predicted molar refractivity (Wildman–Crippen MR) is 138 cm³/mol. The molecule has 0 N–H and O–H groups in total. The molecule has 0 spiro atoms. The van der Waals surface area contributed by atoms with Crippen LogP contribution >= 0.6 is 0 Å². The Bertz CT molecular complexity index is 1290. The Morgan fingerprint density at radius 1 is 0.973 bits per heavy atom. The monoisotopic (exact) mass is 495 g/mol. The first kappa shape index (κ1) is 25.7. The van der Waals surface area contributed by atoms with Crippen LogP contribution in [-0.4, -0.2) is 18.5 Å². The molecule has 0 heterocycles. The number of hydrogen-bond acceptors (Lipinski definition) is 6. The second-order valence-electron chi connectivity index (χ2n) is 9.52. The normalized spacial score (nSPS) is 18.4. The lowest BCUT2D eigenvalue weighted by molar-refractivity contribution is -0.149. The summed E-state index contributed by atoms with van der Waals surface area (Å²) in [5.74, 6) is -0.361. The van der Waals surface area contributed by atoms with Crippen LogP contribution in [0.3, 0.4) is 0 Å². The Kier molecular flexibility index (Phi) is 8.05. The van der Waals surface area contributed by atoms with Crippen LogP contribution in [-0.2, 0) is 25.5 Å². The summed E-state index contributed by atoms with van der Waals surface area (Å²) in [5, 5.41) is 9.70. The van der Waals surface area contributed by atoms with Gasteiger partial charge < -0.3 is 14.2 Å². The molecule has 0 amide bonds. The SMILES string of the molecule is CC1(C)[C@H](C(=O)O[C@H](C#N)c2cccc(Oc3ccccc3)c2)[C@@H]1/C=C\C(=O)OCCc1ccccc1. The largest absolute Gasteiger partial charge is 0.462 e. The van der Waals surface area contributed by atoms with Crippen molar-refractivity contribution in [1.82, 2.24) is 0 Å². The molecule has 0 unspecified atom stereocenters. The summed E-state index contributed by atoms with van der Waals surface area (Å²) in [6.07, 6.45) is 2.64. The number of para-hydroxylation sites is 1. The molecule has 1 aliphatic rings. The number of esters is 2. The number of nitrogens with zero attached hydrogens (tertiary/aromatic N) is 1. The van der Waals surface area contributed by atoms with E-state index < -0.39 is 29.4 Å². The number of carbonyl (C=O) groups is 2. The van der Waals surface area contributed by atoms with Crippen LogP contribution in [0.15, 0.2) is 97.1 Å². The molecule has 0 aromatic heterocycles. The van der Waals surface area contributed by atoms with E-state index in [1.54, 1.807) is 30.3 Å². The number of rotatable bonds is 10. The first-order chi connectivity index (χ1) is 17.9. The van der Waals surface area contributed by atoms with Gasteiger partial charge in [-0.15, -0.1) is 0 Å². The molecule has 1 aliphatic carbocycles. The zero-order valence-corrected chi connectivity index (χ0v) is 20.9. The van der Waals surface area contributed by atoms with Gasteiger partial charge in [-0.25, -0.2) is 4.79 Å². The summed E-state index contributed by atoms with van der Waals surface area (Å²) < 4.78 is 16.7. The van der Waals surface area contributed by atoms with Gasteiger partial charge in [0.1, 0.15) is 17.6 Å². The van der Waals surface area contributed by atoms with Gasteiger partial charge in [0, 0.05) is 18.1 Å². The van der Waals surface area contributed by atoms with E-state index in [2.05, 4.69) is 6.07 Å². The van der Waals surface area contributed by atoms with E-state index in [9.17, 15) is 14.9 Å². The Labute approximate surface area is 217 Å². The fourth-order valence-electron chi connectivity index (χ4n) is 4.36. The van der Waals surface area contributed by atoms with Crippen molar-refractivity contribution in [2.45, 2.75) is 26.4 Å². The standard InChI is InChI=1S/C31H29NO5/c1-31(2)26(16-17-28(33)35-19-18-22-10-5-3-6-11-22)29(31)30(34)37-27(21-32)23-12-9-15-25(20-23)36-24-13-7-4-8-14-24/h3-17,20,26-27,29H,18-19H2,1-2H3/b17-16-/t26-,27+,29-/m0/s1. The third-order valence-electron chi connectivity index (χ3n) is 6.57. The van der Waals surface area contributed by atoms with Crippen molar-refractivity contribution in [1.29, 1.82) is 5.26 Å². The highest BCUT2D eigenvalue weighted by molar-refractivity contribution is 5.83. The van der Waals surface area contributed by atoms with E-state index in [0.29, 0.717) is 23.5 Å². The number of ether oxygens (including phenoxy) is 3. The molecule has 0 aliphatic heterocycles. The summed E-state index contributed by atoms with van der Waals surface area (Å²) >= 11 is 0. The number of carbonyl (C=O) groups excluding carboxylic acids is 2. The second-order valence-corrected chi connectivity index (χ2v) is 9.52. The number of benzene rings is 3. The highest BCUT2D eigenvalue weighted by atomic mass is 16.5. The third-order valence-corrected chi connectivity index (χ3v) is 6.57. The minimum Gasteiger partial charge on any atom is -0.462 e. The van der Waals surface area contributed by atoms with Gasteiger partial charge in [0.15, 0.2) is 0 Å². The van der Waals surface area contributed by atoms with Gasteiger partial charge in [0.05, 0.1) is 12.5 Å². The lowest BCUT2D eigenvalue weighted by atomic mass is 10.1. The van der Waals surface area contributed by atoms with Crippen molar-refractivity contribution in [3.8, 4) is 17.6 Å². The average molecular weight is 496 g/mol. The summed E-state index contributed by atoms with van der Waals surface area (Å²) in [4.78, 5) is 25.1. The quantitative estimate of drug-likeness (QED) is 0.246. The van der Waals surface area contributed by atoms with Gasteiger partial charge in [0.2, 0.25) is 6.10 Å². The molecule has 0 radical (unpaired) electrons. The van der Waals surface area contributed by atoms with Gasteiger partial charge in [-0.2, -0.15) is 5.26 Å². The fraction of sp³-hybridized carbons (Fsp3) is 0.258. The van der Waals surface area contributed by atoms with Crippen LogP contribution < -0.4 is 4.74 Å². The predicted octanol–water partition coefficient (Wildman–Crippen LogP) is 6.20. The first-order valence-corrected chi connectivity index (χ1v) is 12.2. The molecule has 0 bridgehead atoms. The topological polar surface area (TPSA) is 85.6 Å². The third kappa shape index (κ3) is 6.65. The van der Waals surface area contributed by atoms with E-state index in [0.717, 1.165) is 5.56 Å². The fourth-order valence-corrected chi connectivity index (χ4v) is 4.36. The molecule has 1 saturated carbocycles. The number of nitriles is 1. The lowest BCUT2D eigenvalue weighted by Gasteiger charge is -2.13. The summed E-state index contributed by atoms with van der Waals surface area (Å²) in [6, 6.07) is 28.1. The lowest BCUT2D eigenvalue weighted by Crippen LogP contribution is -2.14. The first-order valence-electron chi connectivity index (χ1n) is 12.2. The smallest absolute Gasteiger partial charge is 0.330 e. The highest BCUT2D eigenvalue weighted by Gasteiger charge is 2.61. The Morgan fingerprint density at radius 2 is 1.65 bits per heavy atom. The molecule has 3 atom stereocenters. The highest BCUT2D eigenvalue weighted by Crippen LogP contribution is 2.59. The maximum Gasteiger partial charge on any atom is 0.330 e. The molecule has 0 saturated heterocycles. The maximum absolute atomic E-state index is 13.0. The minimum atomic E-state index is -1.07. The zero-order chi connectivity index (χ0) is 26.3. The van der Waals surface area contributed by atoms with Crippen molar-refractivity contribution < 1.29 is 23.8 Å². The maximum atomic E-state index is 13.0. The van der Waals surface area contributed by atoms with Crippen molar-refractivity contribution in [2.75, 3.05) is 6.61 Å². The van der Waals surface area contributed by atoms with E-state index >= 15 is 0 Å². The molecule has 3 aromatic carbocycles. The van der Waals surface area contributed by atoms with Crippen LogP contribution in [0.25, 0.3) is 0 Å². The second kappa shape index (κ2) is 11.6.